The highest BCUT2D eigenvalue weighted by molar-refractivity contribution is 6.35. The summed E-state index contributed by atoms with van der Waals surface area (Å²) >= 11 is 6.83. The predicted octanol–water partition coefficient (Wildman–Crippen LogP) is 6.21. The first-order valence-corrected chi connectivity index (χ1v) is 15.4. The van der Waals surface area contributed by atoms with Gasteiger partial charge < -0.3 is 19.6 Å². The number of carbonyl (C=O) groups is 1. The lowest BCUT2D eigenvalue weighted by Gasteiger charge is -2.43. The Balaban J connectivity index is 1.42. The fraction of sp³-hybridized carbons (Fsp3) is 0.424. The highest BCUT2D eigenvalue weighted by atomic mass is 35.5. The first kappa shape index (κ1) is 30.3. The average Bonchev–Trinajstić information content (AvgIpc) is 3.34. The maximum Gasteiger partial charge on any atom is 0.319 e. The van der Waals surface area contributed by atoms with Crippen molar-refractivity contribution in [3.05, 3.63) is 53.3 Å². The Labute approximate surface area is 260 Å². The molecule has 4 aromatic rings. The minimum atomic E-state index is -1.17. The normalized spacial score (nSPS) is 22.7. The highest BCUT2D eigenvalue weighted by Gasteiger charge is 2.34. The Morgan fingerprint density at radius 3 is 2.68 bits per heavy atom. The third-order valence-corrected chi connectivity index (χ3v) is 9.05. The van der Waals surface area contributed by atoms with Gasteiger partial charge in [-0.15, -0.1) is 0 Å². The molecule has 1 N–H and O–H groups in total. The number of carbonyl (C=O) groups excluding carboxylic acids is 1. The predicted molar refractivity (Wildman–Crippen MR) is 169 cm³/mol. The summed E-state index contributed by atoms with van der Waals surface area (Å²) < 4.78 is 37.0. The number of ether oxygens (including phenoxy) is 1. The van der Waals surface area contributed by atoms with Crippen LogP contribution in [0.4, 0.5) is 14.6 Å². The van der Waals surface area contributed by atoms with Gasteiger partial charge in [0, 0.05) is 55.8 Å². The number of likely N-dealkylation sites (tertiary alicyclic amines) is 1. The van der Waals surface area contributed by atoms with E-state index >= 15 is 4.39 Å². The van der Waals surface area contributed by atoms with Gasteiger partial charge in [0.1, 0.15) is 22.8 Å². The molecule has 0 bridgehead atoms. The summed E-state index contributed by atoms with van der Waals surface area (Å²) in [6, 6.07) is 12.0. The number of hydrogen-bond donors (Lipinski definition) is 1. The van der Waals surface area contributed by atoms with E-state index in [2.05, 4.69) is 9.88 Å². The number of piperazine rings is 1. The molecule has 2 fully saturated rings. The number of phenols is 1. The van der Waals surface area contributed by atoms with Crippen LogP contribution >= 0.6 is 11.6 Å². The van der Waals surface area contributed by atoms with Gasteiger partial charge in [0.2, 0.25) is 6.41 Å². The van der Waals surface area contributed by atoms with Gasteiger partial charge >= 0.3 is 6.01 Å². The number of amides is 1. The van der Waals surface area contributed by atoms with Gasteiger partial charge in [-0.05, 0) is 68.1 Å². The number of aromatic hydroxyl groups is 1. The molecule has 1 unspecified atom stereocenters. The molecule has 8 nitrogen and oxygen atoms in total. The monoisotopic (exact) mass is 623 g/mol. The van der Waals surface area contributed by atoms with E-state index in [9.17, 15) is 14.3 Å². The Kier molecular flexibility index (Phi) is 8.24. The van der Waals surface area contributed by atoms with Gasteiger partial charge in [-0.3, -0.25) is 9.69 Å². The number of aromatic nitrogens is 2. The number of anilines is 1. The maximum atomic E-state index is 16.7. The van der Waals surface area contributed by atoms with Gasteiger partial charge in [0.05, 0.1) is 11.6 Å². The molecule has 11 heteroatoms. The fourth-order valence-corrected chi connectivity index (χ4v) is 6.74. The van der Waals surface area contributed by atoms with E-state index in [1.807, 2.05) is 43.0 Å². The molecule has 2 aliphatic heterocycles. The number of nitrogens with zero attached hydrogens (tertiary/aromatic N) is 5. The number of phenolic OH excluding ortho intramolecular Hbond substituents is 1. The molecule has 44 heavy (non-hydrogen) atoms. The van der Waals surface area contributed by atoms with Crippen molar-refractivity contribution in [2.45, 2.75) is 51.4 Å². The van der Waals surface area contributed by atoms with E-state index in [0.717, 1.165) is 17.2 Å². The highest BCUT2D eigenvalue weighted by Crippen LogP contribution is 2.43. The summed E-state index contributed by atoms with van der Waals surface area (Å²) in [5.74, 6) is -0.192. The molecule has 0 spiro atoms. The zero-order valence-corrected chi connectivity index (χ0v) is 25.8. The summed E-state index contributed by atoms with van der Waals surface area (Å²) in [5, 5.41) is 12.5. The van der Waals surface area contributed by atoms with Gasteiger partial charge in [-0.1, -0.05) is 35.9 Å². The molecule has 232 valence electrons. The zero-order valence-electron chi connectivity index (χ0n) is 25.1. The van der Waals surface area contributed by atoms with Crippen molar-refractivity contribution in [2.24, 2.45) is 0 Å². The third-order valence-electron chi connectivity index (χ3n) is 8.75. The second kappa shape index (κ2) is 12.0. The summed E-state index contributed by atoms with van der Waals surface area (Å²) in [5.41, 5.74) is -0.560. The Morgan fingerprint density at radius 2 is 1.93 bits per heavy atom. The van der Waals surface area contributed by atoms with Crippen LogP contribution in [-0.4, -0.2) is 88.4 Å². The smallest absolute Gasteiger partial charge is 0.319 e. The topological polar surface area (TPSA) is 82.0 Å². The molecule has 3 aromatic carbocycles. The number of fused-ring (bicyclic) bond motifs is 2. The molecular weight excluding hydrogens is 588 g/mol. The molecule has 2 saturated heterocycles. The number of benzene rings is 3. The molecule has 3 heterocycles. The van der Waals surface area contributed by atoms with E-state index in [4.69, 9.17) is 21.3 Å². The Bertz CT molecular complexity index is 1720. The number of halogens is 3. The maximum absolute atomic E-state index is 16.7. The first-order valence-electron chi connectivity index (χ1n) is 15.0. The molecule has 1 aromatic heterocycles. The standard InChI is InChI=1S/C33H36ClF2N5O3/c1-20-17-41(21(2)16-40(20)19-42)31-26-15-27(34)28(25-14-23(43)13-22-7-4-5-8-24(22)25)29(35)30(26)37-32(38-31)44-12-6-10-39-11-9-33(3,36)18-39/h4-5,7-8,13-15,19-21,43H,6,9-12,16-18H2,1-3H3/t20-,21+,33?/m1/s1. The van der Waals surface area contributed by atoms with E-state index in [1.54, 1.807) is 24.0 Å². The summed E-state index contributed by atoms with van der Waals surface area (Å²) in [7, 11) is 0. The number of alkyl halides is 1. The van der Waals surface area contributed by atoms with Crippen LogP contribution in [0.1, 0.15) is 33.6 Å². The van der Waals surface area contributed by atoms with Gasteiger partial charge in [0.15, 0.2) is 5.82 Å². The minimum Gasteiger partial charge on any atom is -0.508 e. The Morgan fingerprint density at radius 1 is 1.14 bits per heavy atom. The lowest BCUT2D eigenvalue weighted by Crippen LogP contribution is -2.56. The van der Waals surface area contributed by atoms with Crippen molar-refractivity contribution >= 4 is 45.5 Å². The molecule has 6 rings (SSSR count). The second-order valence-electron chi connectivity index (χ2n) is 12.3. The van der Waals surface area contributed by atoms with Crippen molar-refractivity contribution < 1.29 is 23.4 Å². The second-order valence-corrected chi connectivity index (χ2v) is 12.7. The summed E-state index contributed by atoms with van der Waals surface area (Å²) in [6.07, 6.45) is 1.99. The quantitative estimate of drug-likeness (QED) is 0.185. The summed E-state index contributed by atoms with van der Waals surface area (Å²) in [6.45, 7) is 8.54. The number of hydrogen-bond acceptors (Lipinski definition) is 7. The lowest BCUT2D eigenvalue weighted by molar-refractivity contribution is -0.120. The van der Waals surface area contributed by atoms with Crippen LogP contribution in [0.25, 0.3) is 32.8 Å². The van der Waals surface area contributed by atoms with Gasteiger partial charge in [-0.25, -0.2) is 8.78 Å². The molecule has 3 atom stereocenters. The van der Waals surface area contributed by atoms with E-state index in [-0.39, 0.29) is 46.6 Å². The van der Waals surface area contributed by atoms with E-state index in [0.29, 0.717) is 62.3 Å². The lowest BCUT2D eigenvalue weighted by atomic mass is 9.96. The molecular formula is C33H36ClF2N5O3. The van der Waals surface area contributed by atoms with Crippen LogP contribution in [0.5, 0.6) is 11.8 Å². The van der Waals surface area contributed by atoms with Crippen molar-refractivity contribution in [3.63, 3.8) is 0 Å². The van der Waals surface area contributed by atoms with E-state index < -0.39 is 11.5 Å². The van der Waals surface area contributed by atoms with Gasteiger partial charge in [0.25, 0.3) is 0 Å². The third kappa shape index (κ3) is 5.85. The van der Waals surface area contributed by atoms with Crippen LogP contribution in [0.3, 0.4) is 0 Å². The van der Waals surface area contributed by atoms with Crippen molar-refractivity contribution in [1.29, 1.82) is 0 Å². The van der Waals surface area contributed by atoms with Crippen molar-refractivity contribution in [2.75, 3.05) is 44.2 Å². The van der Waals surface area contributed by atoms with Crippen LogP contribution in [0.2, 0.25) is 5.02 Å². The summed E-state index contributed by atoms with van der Waals surface area (Å²) in [4.78, 5) is 26.8. The number of rotatable bonds is 8. The molecule has 0 saturated carbocycles. The first-order chi connectivity index (χ1) is 21.0. The Hall–Kier alpha value is -3.76. The van der Waals surface area contributed by atoms with Crippen molar-refractivity contribution in [3.8, 4) is 22.9 Å². The SMILES string of the molecule is C[C@@H]1CN(c2nc(OCCCN3CCC(C)(F)C3)nc3c(F)c(-c4cc(O)cc5ccccc45)c(Cl)cc23)[C@@H](C)CN1C=O. The fourth-order valence-electron chi connectivity index (χ4n) is 6.45. The van der Waals surface area contributed by atoms with Gasteiger partial charge in [-0.2, -0.15) is 9.97 Å². The molecule has 0 aliphatic carbocycles. The molecule has 2 aliphatic rings. The van der Waals surface area contributed by atoms with E-state index in [1.165, 1.54) is 6.07 Å². The largest absolute Gasteiger partial charge is 0.508 e. The van der Waals surface area contributed by atoms with Crippen LogP contribution < -0.4 is 9.64 Å². The van der Waals surface area contributed by atoms with Crippen LogP contribution in [-0.2, 0) is 4.79 Å². The van der Waals surface area contributed by atoms with Crippen molar-refractivity contribution in [1.82, 2.24) is 19.8 Å². The zero-order chi connectivity index (χ0) is 31.2. The van der Waals surface area contributed by atoms with Crippen LogP contribution in [0, 0.1) is 5.82 Å². The van der Waals surface area contributed by atoms with Crippen LogP contribution in [0.15, 0.2) is 42.5 Å². The minimum absolute atomic E-state index is 0.0106. The average molecular weight is 624 g/mol. The molecule has 1 amide bonds. The molecule has 0 radical (unpaired) electrons.